The first-order chi connectivity index (χ1) is 11.5. The maximum absolute atomic E-state index is 13.2. The number of ether oxygens (including phenoxy) is 1. The van der Waals surface area contributed by atoms with Crippen molar-refractivity contribution in [3.63, 3.8) is 0 Å². The maximum atomic E-state index is 13.2. The van der Waals surface area contributed by atoms with Gasteiger partial charge in [0.05, 0.1) is 24.2 Å². The number of hydrogen-bond donors (Lipinski definition) is 1. The van der Waals surface area contributed by atoms with Crippen molar-refractivity contribution in [2.45, 2.75) is 64.1 Å². The van der Waals surface area contributed by atoms with Crippen LogP contribution in [-0.4, -0.2) is 30.2 Å². The summed E-state index contributed by atoms with van der Waals surface area (Å²) in [7, 11) is 1.67. The Morgan fingerprint density at radius 2 is 2.00 bits per heavy atom. The van der Waals surface area contributed by atoms with Gasteiger partial charge in [-0.1, -0.05) is 6.92 Å². The minimum Gasteiger partial charge on any atom is -0.390 e. The Morgan fingerprint density at radius 3 is 2.71 bits per heavy atom. The molecule has 0 saturated heterocycles. The zero-order valence-corrected chi connectivity index (χ0v) is 14.8. The molecule has 1 N–H and O–H groups in total. The molecule has 4 fully saturated rings. The van der Waals surface area contributed by atoms with Gasteiger partial charge in [0.1, 0.15) is 5.78 Å². The summed E-state index contributed by atoms with van der Waals surface area (Å²) in [5.41, 5.74) is -0.103. The molecule has 0 aromatic rings. The van der Waals surface area contributed by atoms with Gasteiger partial charge >= 0.3 is 0 Å². The third kappa shape index (κ3) is 2.21. The predicted molar refractivity (Wildman–Crippen MR) is 88.8 cm³/mol. The summed E-state index contributed by atoms with van der Waals surface area (Å²) >= 11 is 0. The first kappa shape index (κ1) is 16.5. The Labute approximate surface area is 144 Å². The highest BCUT2D eigenvalue weighted by atomic mass is 16.5. The van der Waals surface area contributed by atoms with Crippen molar-refractivity contribution in [3.8, 4) is 6.07 Å². The molecule has 4 heteroatoms. The smallest absolute Gasteiger partial charge is 0.137 e. The minimum absolute atomic E-state index is 0.0463. The molecule has 4 aliphatic carbocycles. The molecular formula is C20H29NO3. The van der Waals surface area contributed by atoms with Gasteiger partial charge in [0.2, 0.25) is 0 Å². The second-order valence-corrected chi connectivity index (χ2v) is 9.02. The van der Waals surface area contributed by atoms with Crippen LogP contribution in [0.3, 0.4) is 0 Å². The number of rotatable bonds is 1. The van der Waals surface area contributed by atoms with E-state index in [9.17, 15) is 15.2 Å². The first-order valence-electron chi connectivity index (χ1n) is 9.62. The fourth-order valence-corrected chi connectivity index (χ4v) is 7.04. The molecule has 9 unspecified atom stereocenters. The van der Waals surface area contributed by atoms with Gasteiger partial charge in [-0.2, -0.15) is 5.26 Å². The lowest BCUT2D eigenvalue weighted by Gasteiger charge is -2.55. The van der Waals surface area contributed by atoms with Crippen LogP contribution >= 0.6 is 0 Å². The van der Waals surface area contributed by atoms with E-state index in [2.05, 4.69) is 13.0 Å². The molecule has 4 aliphatic rings. The fraction of sp³-hybridized carbons (Fsp3) is 0.900. The zero-order chi connectivity index (χ0) is 17.1. The molecule has 0 radical (unpaired) electrons. The number of nitriles is 1. The summed E-state index contributed by atoms with van der Waals surface area (Å²) in [5.74, 6) is 2.39. The Balaban J connectivity index is 1.63. The normalized spacial score (nSPS) is 53.7. The van der Waals surface area contributed by atoms with Crippen molar-refractivity contribution >= 4 is 5.78 Å². The lowest BCUT2D eigenvalue weighted by molar-refractivity contribution is -0.154. The number of carbonyl (C=O) groups excluding carboxylic acids is 1. The molecular weight excluding hydrogens is 302 g/mol. The van der Waals surface area contributed by atoms with Crippen LogP contribution in [0.1, 0.15) is 51.9 Å². The van der Waals surface area contributed by atoms with Crippen LogP contribution in [0.4, 0.5) is 0 Å². The SMILES string of the molecule is COC1CC2C(CCC3C2C(=O)CC2(C)C(C#N)CCC32)CC1O. The van der Waals surface area contributed by atoms with E-state index in [0.717, 1.165) is 38.5 Å². The molecule has 4 rings (SSSR count). The minimum atomic E-state index is -0.383. The summed E-state index contributed by atoms with van der Waals surface area (Å²) in [6, 6.07) is 2.49. The number of hydrogen-bond acceptors (Lipinski definition) is 4. The van der Waals surface area contributed by atoms with E-state index in [4.69, 9.17) is 4.74 Å². The molecule has 0 bridgehead atoms. The number of nitrogens with zero attached hydrogens (tertiary/aromatic N) is 1. The summed E-state index contributed by atoms with van der Waals surface area (Å²) in [4.78, 5) is 13.2. The monoisotopic (exact) mass is 331 g/mol. The number of carbonyl (C=O) groups is 1. The fourth-order valence-electron chi connectivity index (χ4n) is 7.04. The summed E-state index contributed by atoms with van der Waals surface area (Å²) in [5, 5.41) is 19.8. The van der Waals surface area contributed by atoms with Gasteiger partial charge in [0.25, 0.3) is 0 Å². The highest BCUT2D eigenvalue weighted by Crippen LogP contribution is 2.63. The van der Waals surface area contributed by atoms with Crippen LogP contribution in [0.5, 0.6) is 0 Å². The Hall–Kier alpha value is -0.920. The van der Waals surface area contributed by atoms with Gasteiger partial charge in [-0.05, 0) is 67.6 Å². The average Bonchev–Trinajstić information content (AvgIpc) is 2.89. The molecule has 0 amide bonds. The van der Waals surface area contributed by atoms with E-state index in [1.165, 1.54) is 0 Å². The van der Waals surface area contributed by atoms with Crippen LogP contribution in [-0.2, 0) is 9.53 Å². The summed E-state index contributed by atoms with van der Waals surface area (Å²) in [6.07, 6.45) is 5.96. The molecule has 0 aromatic heterocycles. The largest absolute Gasteiger partial charge is 0.390 e. The third-order valence-electron chi connectivity index (χ3n) is 8.19. The van der Waals surface area contributed by atoms with Crippen LogP contribution in [0, 0.1) is 52.3 Å². The highest BCUT2D eigenvalue weighted by molar-refractivity contribution is 5.83. The highest BCUT2D eigenvalue weighted by Gasteiger charge is 2.60. The number of aliphatic hydroxyl groups excluding tert-OH is 1. The van der Waals surface area contributed by atoms with E-state index in [0.29, 0.717) is 35.9 Å². The topological polar surface area (TPSA) is 70.3 Å². The van der Waals surface area contributed by atoms with Gasteiger partial charge in [-0.3, -0.25) is 4.79 Å². The predicted octanol–water partition coefficient (Wildman–Crippen LogP) is 2.94. The number of methoxy groups -OCH3 is 1. The van der Waals surface area contributed by atoms with Crippen LogP contribution in [0.2, 0.25) is 0 Å². The van der Waals surface area contributed by atoms with Gasteiger partial charge in [-0.25, -0.2) is 0 Å². The summed E-state index contributed by atoms with van der Waals surface area (Å²) < 4.78 is 5.50. The van der Waals surface area contributed by atoms with Crippen LogP contribution < -0.4 is 0 Å². The Bertz CT molecular complexity index is 570. The summed E-state index contributed by atoms with van der Waals surface area (Å²) in [6.45, 7) is 2.20. The van der Waals surface area contributed by atoms with Crippen molar-refractivity contribution in [2.24, 2.45) is 40.9 Å². The number of fused-ring (bicyclic) bond motifs is 5. The van der Waals surface area contributed by atoms with Crippen LogP contribution in [0.15, 0.2) is 0 Å². The van der Waals surface area contributed by atoms with Crippen molar-refractivity contribution in [3.05, 3.63) is 0 Å². The second-order valence-electron chi connectivity index (χ2n) is 9.02. The van der Waals surface area contributed by atoms with E-state index < -0.39 is 0 Å². The quantitative estimate of drug-likeness (QED) is 0.802. The molecule has 9 atom stereocenters. The molecule has 0 spiro atoms. The second kappa shape index (κ2) is 5.81. The van der Waals surface area contributed by atoms with Crippen molar-refractivity contribution in [1.29, 1.82) is 5.26 Å². The molecule has 0 aromatic carbocycles. The van der Waals surface area contributed by atoms with Gasteiger partial charge in [0.15, 0.2) is 0 Å². The van der Waals surface area contributed by atoms with E-state index in [1.807, 2.05) is 0 Å². The van der Waals surface area contributed by atoms with E-state index >= 15 is 0 Å². The van der Waals surface area contributed by atoms with Gasteiger partial charge in [-0.15, -0.1) is 0 Å². The number of Topliss-reactive ketones (excluding diaryl/α,β-unsaturated/α-hetero) is 1. The molecule has 0 heterocycles. The Morgan fingerprint density at radius 1 is 1.21 bits per heavy atom. The van der Waals surface area contributed by atoms with Gasteiger partial charge in [0, 0.05) is 19.4 Å². The average molecular weight is 331 g/mol. The Kier molecular flexibility index (Phi) is 4.01. The third-order valence-corrected chi connectivity index (χ3v) is 8.19. The zero-order valence-electron chi connectivity index (χ0n) is 14.8. The molecule has 0 aliphatic heterocycles. The van der Waals surface area contributed by atoms with Crippen LogP contribution in [0.25, 0.3) is 0 Å². The van der Waals surface area contributed by atoms with Gasteiger partial charge < -0.3 is 9.84 Å². The lowest BCUT2D eigenvalue weighted by Crippen LogP contribution is -2.55. The van der Waals surface area contributed by atoms with Crippen molar-refractivity contribution in [1.82, 2.24) is 0 Å². The van der Waals surface area contributed by atoms with E-state index in [1.54, 1.807) is 7.11 Å². The standard InChI is InChI=1S/C20H29NO3/c1-20-9-17(23)19-13(15(20)6-4-12(20)10-21)5-3-11-7-16(22)18(24-2)8-14(11)19/h11-16,18-19,22H,3-9H2,1-2H3. The molecule has 132 valence electrons. The molecule has 4 nitrogen and oxygen atoms in total. The maximum Gasteiger partial charge on any atom is 0.137 e. The lowest BCUT2D eigenvalue weighted by atomic mass is 9.49. The number of aliphatic hydroxyl groups is 1. The molecule has 4 saturated carbocycles. The molecule has 24 heavy (non-hydrogen) atoms. The van der Waals surface area contributed by atoms with Crippen molar-refractivity contribution < 1.29 is 14.6 Å². The van der Waals surface area contributed by atoms with Crippen molar-refractivity contribution in [2.75, 3.05) is 7.11 Å². The van der Waals surface area contributed by atoms with E-state index in [-0.39, 0.29) is 29.5 Å². The number of ketones is 1. The first-order valence-corrected chi connectivity index (χ1v) is 9.62.